The molecule has 0 aromatic carbocycles. The van der Waals surface area contributed by atoms with E-state index in [0.717, 1.165) is 0 Å². The van der Waals surface area contributed by atoms with Gasteiger partial charge in [-0.3, -0.25) is 4.79 Å². The Hall–Kier alpha value is 0.160. The Labute approximate surface area is 61.4 Å². The first kappa shape index (κ1) is 8.16. The van der Waals surface area contributed by atoms with Crippen molar-refractivity contribution in [3.63, 3.8) is 0 Å². The fourth-order valence-electron chi connectivity index (χ4n) is 0.287. The Kier molecular flexibility index (Phi) is 4.16. The standard InChI is InChI=1S/C4H8INO2/c5-2-3(7)1-4(6)8/h3,7H,1-2H2,(H2,6,8)/t3-/m1/s1. The number of nitrogens with two attached hydrogens (primary N) is 1. The van der Waals surface area contributed by atoms with Gasteiger partial charge < -0.3 is 10.8 Å². The summed E-state index contributed by atoms with van der Waals surface area (Å²) in [7, 11) is 0. The van der Waals surface area contributed by atoms with Crippen LogP contribution in [0.4, 0.5) is 0 Å². The van der Waals surface area contributed by atoms with Gasteiger partial charge in [-0.25, -0.2) is 0 Å². The van der Waals surface area contributed by atoms with Gasteiger partial charge in [-0.05, 0) is 0 Å². The zero-order valence-corrected chi connectivity index (χ0v) is 6.46. The van der Waals surface area contributed by atoms with Crippen LogP contribution in [0.3, 0.4) is 0 Å². The van der Waals surface area contributed by atoms with E-state index in [1.165, 1.54) is 0 Å². The van der Waals surface area contributed by atoms with E-state index in [-0.39, 0.29) is 6.42 Å². The van der Waals surface area contributed by atoms with Gasteiger partial charge >= 0.3 is 0 Å². The topological polar surface area (TPSA) is 63.3 Å². The summed E-state index contributed by atoms with van der Waals surface area (Å²) in [5, 5.41) is 8.72. The molecule has 4 heteroatoms. The van der Waals surface area contributed by atoms with E-state index < -0.39 is 12.0 Å². The van der Waals surface area contributed by atoms with Crippen molar-refractivity contribution in [1.29, 1.82) is 0 Å². The van der Waals surface area contributed by atoms with Crippen molar-refractivity contribution in [2.75, 3.05) is 4.43 Å². The average Bonchev–Trinajstić information content (AvgIpc) is 1.65. The van der Waals surface area contributed by atoms with E-state index in [1.54, 1.807) is 0 Å². The lowest BCUT2D eigenvalue weighted by molar-refractivity contribution is -0.119. The van der Waals surface area contributed by atoms with E-state index in [2.05, 4.69) is 0 Å². The van der Waals surface area contributed by atoms with Crippen molar-refractivity contribution in [3.05, 3.63) is 0 Å². The van der Waals surface area contributed by atoms with Crippen molar-refractivity contribution in [1.82, 2.24) is 0 Å². The molecule has 0 aliphatic carbocycles. The van der Waals surface area contributed by atoms with E-state index >= 15 is 0 Å². The summed E-state index contributed by atoms with van der Waals surface area (Å²) in [5.74, 6) is -0.450. The molecule has 0 aliphatic heterocycles. The first-order valence-corrected chi connectivity index (χ1v) is 3.71. The molecule has 0 aromatic rings. The molecule has 0 fully saturated rings. The smallest absolute Gasteiger partial charge is 0.220 e. The molecule has 48 valence electrons. The lowest BCUT2D eigenvalue weighted by atomic mass is 10.3. The number of aliphatic hydroxyl groups is 1. The summed E-state index contributed by atoms with van der Waals surface area (Å²) in [6.07, 6.45) is -0.490. The zero-order valence-electron chi connectivity index (χ0n) is 4.30. The predicted octanol–water partition coefficient (Wildman–Crippen LogP) is -0.342. The number of hydrogen-bond donors (Lipinski definition) is 2. The molecule has 0 spiro atoms. The number of hydrogen-bond acceptors (Lipinski definition) is 2. The third-order valence-electron chi connectivity index (χ3n) is 0.615. The van der Waals surface area contributed by atoms with Crippen LogP contribution in [-0.2, 0) is 4.79 Å². The minimum atomic E-state index is -0.562. The van der Waals surface area contributed by atoms with Crippen LogP contribution in [0.15, 0.2) is 0 Å². The fraction of sp³-hybridized carbons (Fsp3) is 0.750. The zero-order chi connectivity index (χ0) is 6.57. The van der Waals surface area contributed by atoms with Crippen LogP contribution in [0, 0.1) is 0 Å². The number of rotatable bonds is 3. The molecule has 0 saturated carbocycles. The molecule has 0 radical (unpaired) electrons. The molecule has 3 nitrogen and oxygen atoms in total. The molecule has 0 heterocycles. The molecule has 1 amide bonds. The van der Waals surface area contributed by atoms with Crippen LogP contribution in [0.25, 0.3) is 0 Å². The van der Waals surface area contributed by atoms with Gasteiger partial charge in [-0.1, -0.05) is 22.6 Å². The second kappa shape index (κ2) is 4.08. The Balaban J connectivity index is 3.24. The quantitative estimate of drug-likeness (QED) is 0.513. The first-order chi connectivity index (χ1) is 3.66. The number of carbonyl (C=O) groups excluding carboxylic acids is 1. The number of aliphatic hydroxyl groups excluding tert-OH is 1. The highest BCUT2D eigenvalue weighted by Crippen LogP contribution is 1.94. The van der Waals surface area contributed by atoms with Crippen LogP contribution in [0.5, 0.6) is 0 Å². The van der Waals surface area contributed by atoms with Crippen LogP contribution in [0.1, 0.15) is 6.42 Å². The monoisotopic (exact) mass is 229 g/mol. The maximum atomic E-state index is 10.0. The minimum Gasteiger partial charge on any atom is -0.392 e. The van der Waals surface area contributed by atoms with Crippen molar-refractivity contribution in [2.45, 2.75) is 12.5 Å². The molecule has 1 atom stereocenters. The fourth-order valence-corrected chi connectivity index (χ4v) is 0.598. The number of alkyl halides is 1. The largest absolute Gasteiger partial charge is 0.392 e. The number of halogens is 1. The summed E-state index contributed by atoms with van der Waals surface area (Å²) in [4.78, 5) is 10.0. The molecule has 0 aliphatic rings. The van der Waals surface area contributed by atoms with E-state index in [0.29, 0.717) is 4.43 Å². The average molecular weight is 229 g/mol. The van der Waals surface area contributed by atoms with E-state index in [1.807, 2.05) is 22.6 Å². The second-order valence-corrected chi connectivity index (χ2v) is 2.36. The summed E-state index contributed by atoms with van der Waals surface area (Å²) in [5.41, 5.74) is 4.77. The van der Waals surface area contributed by atoms with Crippen LogP contribution < -0.4 is 5.73 Å². The summed E-state index contributed by atoms with van der Waals surface area (Å²) in [6, 6.07) is 0. The normalized spacial score (nSPS) is 13.2. The van der Waals surface area contributed by atoms with Crippen LogP contribution in [0.2, 0.25) is 0 Å². The number of primary amides is 1. The SMILES string of the molecule is NC(=O)C[C@@H](O)CI. The first-order valence-electron chi connectivity index (χ1n) is 2.19. The third kappa shape index (κ3) is 4.32. The highest BCUT2D eigenvalue weighted by atomic mass is 127. The van der Waals surface area contributed by atoms with Gasteiger partial charge in [-0.2, -0.15) is 0 Å². The highest BCUT2D eigenvalue weighted by Gasteiger charge is 2.03. The molecule has 3 N–H and O–H groups in total. The molecule has 0 unspecified atom stereocenters. The van der Waals surface area contributed by atoms with Gasteiger partial charge in [0.05, 0.1) is 12.5 Å². The molecule has 0 saturated heterocycles. The van der Waals surface area contributed by atoms with Gasteiger partial charge in [-0.15, -0.1) is 0 Å². The van der Waals surface area contributed by atoms with Crippen molar-refractivity contribution < 1.29 is 9.90 Å². The van der Waals surface area contributed by atoms with Crippen molar-refractivity contribution in [3.8, 4) is 0 Å². The molecule has 0 rings (SSSR count). The van der Waals surface area contributed by atoms with E-state index in [4.69, 9.17) is 10.8 Å². The van der Waals surface area contributed by atoms with E-state index in [9.17, 15) is 4.79 Å². The van der Waals surface area contributed by atoms with Gasteiger partial charge in [0.1, 0.15) is 0 Å². The highest BCUT2D eigenvalue weighted by molar-refractivity contribution is 14.1. The number of carbonyl (C=O) groups is 1. The summed E-state index contributed by atoms with van der Waals surface area (Å²) < 4.78 is 0.556. The Morgan fingerprint density at radius 1 is 1.88 bits per heavy atom. The van der Waals surface area contributed by atoms with Gasteiger partial charge in [0, 0.05) is 4.43 Å². The van der Waals surface area contributed by atoms with Crippen molar-refractivity contribution in [2.24, 2.45) is 5.73 Å². The van der Waals surface area contributed by atoms with Crippen molar-refractivity contribution >= 4 is 28.5 Å². The maximum absolute atomic E-state index is 10.0. The molecule has 0 bridgehead atoms. The molecular formula is C4H8INO2. The van der Waals surface area contributed by atoms with Crippen LogP contribution >= 0.6 is 22.6 Å². The van der Waals surface area contributed by atoms with Crippen LogP contribution in [-0.4, -0.2) is 21.5 Å². The molecule has 0 aromatic heterocycles. The second-order valence-electron chi connectivity index (χ2n) is 1.48. The predicted molar refractivity (Wildman–Crippen MR) is 38.7 cm³/mol. The van der Waals surface area contributed by atoms with Gasteiger partial charge in [0.25, 0.3) is 0 Å². The lowest BCUT2D eigenvalue weighted by Crippen LogP contribution is -2.20. The van der Waals surface area contributed by atoms with Gasteiger partial charge in [0.15, 0.2) is 0 Å². The molecule has 8 heavy (non-hydrogen) atoms. The van der Waals surface area contributed by atoms with Gasteiger partial charge in [0.2, 0.25) is 5.91 Å². The lowest BCUT2D eigenvalue weighted by Gasteiger charge is -1.99. The summed E-state index contributed by atoms with van der Waals surface area (Å²) >= 11 is 1.99. The molecular weight excluding hydrogens is 221 g/mol. The summed E-state index contributed by atoms with van der Waals surface area (Å²) in [6.45, 7) is 0. The maximum Gasteiger partial charge on any atom is 0.220 e. The Morgan fingerprint density at radius 3 is 2.50 bits per heavy atom. The minimum absolute atomic E-state index is 0.0724. The number of amides is 1. The third-order valence-corrected chi connectivity index (χ3v) is 1.63. The Morgan fingerprint density at radius 2 is 2.38 bits per heavy atom. The Bertz CT molecular complexity index is 86.1.